The quantitative estimate of drug-likeness (QED) is 0.649. The van der Waals surface area contributed by atoms with Crippen LogP contribution in [0.25, 0.3) is 0 Å². The smallest absolute Gasteiger partial charge is 0.191 e. The molecule has 2 N–H and O–H groups in total. The SMILES string of the molecule is CCC1CCCC(NC(=NC)NCCc2ccncc2C)C1. The van der Waals surface area contributed by atoms with Gasteiger partial charge in [-0.1, -0.05) is 26.2 Å². The molecule has 2 unspecified atom stereocenters. The third kappa shape index (κ3) is 5.00. The van der Waals surface area contributed by atoms with Crippen LogP contribution in [0.1, 0.15) is 50.2 Å². The van der Waals surface area contributed by atoms with E-state index >= 15 is 0 Å². The number of nitrogens with one attached hydrogen (secondary N) is 2. The monoisotopic (exact) mass is 302 g/mol. The first kappa shape index (κ1) is 16.8. The summed E-state index contributed by atoms with van der Waals surface area (Å²) in [5.41, 5.74) is 2.60. The van der Waals surface area contributed by atoms with Gasteiger partial charge in [0.15, 0.2) is 5.96 Å². The van der Waals surface area contributed by atoms with Crippen molar-refractivity contribution in [1.82, 2.24) is 15.6 Å². The maximum absolute atomic E-state index is 4.37. The van der Waals surface area contributed by atoms with E-state index in [0.717, 1.165) is 24.8 Å². The molecular formula is C18H30N4. The Morgan fingerprint density at radius 2 is 2.27 bits per heavy atom. The third-order valence-corrected chi connectivity index (χ3v) is 4.75. The minimum Gasteiger partial charge on any atom is -0.356 e. The largest absolute Gasteiger partial charge is 0.356 e. The summed E-state index contributed by atoms with van der Waals surface area (Å²) >= 11 is 0. The predicted molar refractivity (Wildman–Crippen MR) is 93.2 cm³/mol. The van der Waals surface area contributed by atoms with Gasteiger partial charge in [0.1, 0.15) is 0 Å². The predicted octanol–water partition coefficient (Wildman–Crippen LogP) is 3.07. The summed E-state index contributed by atoms with van der Waals surface area (Å²) in [6.07, 6.45) is 11.4. The third-order valence-electron chi connectivity index (χ3n) is 4.75. The summed E-state index contributed by atoms with van der Waals surface area (Å²) in [7, 11) is 1.85. The Morgan fingerprint density at radius 1 is 1.41 bits per heavy atom. The van der Waals surface area contributed by atoms with Crippen LogP contribution in [0, 0.1) is 12.8 Å². The molecule has 2 atom stereocenters. The molecule has 0 bridgehead atoms. The number of rotatable bonds is 5. The van der Waals surface area contributed by atoms with Crippen LogP contribution in [-0.2, 0) is 6.42 Å². The summed E-state index contributed by atoms with van der Waals surface area (Å²) in [4.78, 5) is 8.51. The van der Waals surface area contributed by atoms with Crippen molar-refractivity contribution in [1.29, 1.82) is 0 Å². The molecule has 1 fully saturated rings. The van der Waals surface area contributed by atoms with Gasteiger partial charge in [-0.25, -0.2) is 0 Å². The van der Waals surface area contributed by atoms with Gasteiger partial charge in [-0.05, 0) is 49.3 Å². The fourth-order valence-electron chi connectivity index (χ4n) is 3.28. The van der Waals surface area contributed by atoms with Gasteiger partial charge in [0.05, 0.1) is 0 Å². The van der Waals surface area contributed by atoms with Crippen molar-refractivity contribution in [2.75, 3.05) is 13.6 Å². The highest BCUT2D eigenvalue weighted by Gasteiger charge is 2.21. The van der Waals surface area contributed by atoms with Crippen LogP contribution in [0.3, 0.4) is 0 Å². The molecule has 0 aliphatic heterocycles. The van der Waals surface area contributed by atoms with Crippen LogP contribution in [0.2, 0.25) is 0 Å². The number of hydrogen-bond donors (Lipinski definition) is 2. The second-order valence-corrected chi connectivity index (χ2v) is 6.33. The van der Waals surface area contributed by atoms with Crippen molar-refractivity contribution >= 4 is 5.96 Å². The summed E-state index contributed by atoms with van der Waals surface area (Å²) in [5.74, 6) is 1.82. The Hall–Kier alpha value is -1.58. The first-order valence-electron chi connectivity index (χ1n) is 8.59. The number of nitrogens with zero attached hydrogens (tertiary/aromatic N) is 2. The van der Waals surface area contributed by atoms with Crippen molar-refractivity contribution < 1.29 is 0 Å². The molecule has 0 aromatic carbocycles. The van der Waals surface area contributed by atoms with Crippen LogP contribution in [0.15, 0.2) is 23.5 Å². The molecule has 122 valence electrons. The maximum Gasteiger partial charge on any atom is 0.191 e. The van der Waals surface area contributed by atoms with E-state index in [2.05, 4.69) is 40.5 Å². The highest BCUT2D eigenvalue weighted by atomic mass is 15.2. The number of aliphatic imine (C=N–C) groups is 1. The van der Waals surface area contributed by atoms with Crippen molar-refractivity contribution in [3.8, 4) is 0 Å². The van der Waals surface area contributed by atoms with Crippen LogP contribution in [-0.4, -0.2) is 30.6 Å². The van der Waals surface area contributed by atoms with Crippen LogP contribution < -0.4 is 10.6 Å². The molecule has 1 aromatic rings. The van der Waals surface area contributed by atoms with Gasteiger partial charge in [-0.2, -0.15) is 0 Å². The standard InChI is InChI=1S/C18H30N4/c1-4-15-6-5-7-17(12-15)22-18(19-3)21-11-9-16-8-10-20-13-14(16)2/h8,10,13,15,17H,4-7,9,11-12H2,1-3H3,(H2,19,21,22). The average molecular weight is 302 g/mol. The van der Waals surface area contributed by atoms with Crippen LogP contribution in [0.5, 0.6) is 0 Å². The summed E-state index contributed by atoms with van der Waals surface area (Å²) < 4.78 is 0. The minimum atomic E-state index is 0.576. The first-order chi connectivity index (χ1) is 10.7. The molecule has 0 radical (unpaired) electrons. The van der Waals surface area contributed by atoms with E-state index < -0.39 is 0 Å². The first-order valence-corrected chi connectivity index (χ1v) is 8.59. The lowest BCUT2D eigenvalue weighted by Crippen LogP contribution is -2.45. The molecular weight excluding hydrogens is 272 g/mol. The highest BCUT2D eigenvalue weighted by molar-refractivity contribution is 5.79. The molecule has 1 saturated carbocycles. The number of guanidine groups is 1. The maximum atomic E-state index is 4.37. The molecule has 4 nitrogen and oxygen atoms in total. The molecule has 1 aliphatic carbocycles. The summed E-state index contributed by atoms with van der Waals surface area (Å²) in [6.45, 7) is 5.31. The number of aryl methyl sites for hydroxylation is 1. The van der Waals surface area contributed by atoms with Gasteiger partial charge < -0.3 is 10.6 Å². The van der Waals surface area contributed by atoms with Crippen molar-refractivity contribution in [2.45, 2.75) is 58.4 Å². The molecule has 1 aromatic heterocycles. The summed E-state index contributed by atoms with van der Waals surface area (Å²) in [6, 6.07) is 2.67. The Morgan fingerprint density at radius 3 is 3.00 bits per heavy atom. The van der Waals surface area contributed by atoms with E-state index in [4.69, 9.17) is 0 Å². The zero-order valence-electron chi connectivity index (χ0n) is 14.2. The van der Waals surface area contributed by atoms with Gasteiger partial charge in [0.25, 0.3) is 0 Å². The minimum absolute atomic E-state index is 0.576. The Kier molecular flexibility index (Phi) is 6.69. The second-order valence-electron chi connectivity index (χ2n) is 6.33. The van der Waals surface area contributed by atoms with Gasteiger partial charge in [-0.15, -0.1) is 0 Å². The lowest BCUT2D eigenvalue weighted by molar-refractivity contribution is 0.298. The average Bonchev–Trinajstić information content (AvgIpc) is 2.55. The molecule has 4 heteroatoms. The fourth-order valence-corrected chi connectivity index (χ4v) is 3.28. The molecule has 1 aliphatic rings. The van der Waals surface area contributed by atoms with Gasteiger partial charge in [0, 0.05) is 32.0 Å². The van der Waals surface area contributed by atoms with E-state index in [1.807, 2.05) is 19.4 Å². The number of hydrogen-bond acceptors (Lipinski definition) is 2. The number of pyridine rings is 1. The molecule has 0 saturated heterocycles. The lowest BCUT2D eigenvalue weighted by Gasteiger charge is -2.30. The topological polar surface area (TPSA) is 49.3 Å². The van der Waals surface area contributed by atoms with Crippen molar-refractivity contribution in [3.63, 3.8) is 0 Å². The van der Waals surface area contributed by atoms with Crippen LogP contribution >= 0.6 is 0 Å². The molecule has 1 heterocycles. The van der Waals surface area contributed by atoms with Crippen molar-refractivity contribution in [3.05, 3.63) is 29.6 Å². The van der Waals surface area contributed by atoms with E-state index in [-0.39, 0.29) is 0 Å². The molecule has 0 spiro atoms. The molecule has 22 heavy (non-hydrogen) atoms. The Bertz CT molecular complexity index is 484. The highest BCUT2D eigenvalue weighted by Crippen LogP contribution is 2.26. The van der Waals surface area contributed by atoms with Gasteiger partial charge in [0.2, 0.25) is 0 Å². The van der Waals surface area contributed by atoms with E-state index in [1.54, 1.807) is 0 Å². The van der Waals surface area contributed by atoms with Gasteiger partial charge >= 0.3 is 0 Å². The zero-order valence-corrected chi connectivity index (χ0v) is 14.2. The normalized spacial score (nSPS) is 22.4. The fraction of sp³-hybridized carbons (Fsp3) is 0.667. The van der Waals surface area contributed by atoms with E-state index in [9.17, 15) is 0 Å². The van der Waals surface area contributed by atoms with Crippen LogP contribution in [0.4, 0.5) is 0 Å². The molecule has 0 amide bonds. The number of aromatic nitrogens is 1. The Balaban J connectivity index is 1.77. The van der Waals surface area contributed by atoms with Gasteiger partial charge in [-0.3, -0.25) is 9.98 Å². The van der Waals surface area contributed by atoms with E-state index in [0.29, 0.717) is 6.04 Å². The second kappa shape index (κ2) is 8.76. The Labute approximate surface area is 134 Å². The van der Waals surface area contributed by atoms with Crippen molar-refractivity contribution in [2.24, 2.45) is 10.9 Å². The zero-order chi connectivity index (χ0) is 15.8. The summed E-state index contributed by atoms with van der Waals surface area (Å²) in [5, 5.41) is 7.04. The lowest BCUT2D eigenvalue weighted by atomic mass is 9.84. The molecule has 2 rings (SSSR count). The van der Waals surface area contributed by atoms with E-state index in [1.165, 1.54) is 43.2 Å².